The molecular weight excluding hydrogens is 230 g/mol. The van der Waals surface area contributed by atoms with Gasteiger partial charge in [-0.25, -0.2) is 4.98 Å². The lowest BCUT2D eigenvalue weighted by Gasteiger charge is -2.01. The van der Waals surface area contributed by atoms with Gasteiger partial charge < -0.3 is 10.5 Å². The van der Waals surface area contributed by atoms with Gasteiger partial charge in [-0.15, -0.1) is 9.90 Å². The molecule has 0 aliphatic carbocycles. The van der Waals surface area contributed by atoms with E-state index in [0.29, 0.717) is 28.8 Å². The van der Waals surface area contributed by atoms with Crippen LogP contribution in [0.1, 0.15) is 5.69 Å². The van der Waals surface area contributed by atoms with Crippen LogP contribution < -0.4 is 5.73 Å². The molecule has 0 bridgehead atoms. The van der Waals surface area contributed by atoms with Crippen molar-refractivity contribution in [1.29, 1.82) is 0 Å². The summed E-state index contributed by atoms with van der Waals surface area (Å²) in [5, 5.41) is 8.59. The Labute approximate surface area is 97.0 Å². The fourth-order valence-electron chi connectivity index (χ4n) is 1.20. The number of hydrogen-bond donors (Lipinski definition) is 1. The third-order valence-electron chi connectivity index (χ3n) is 1.86. The molecule has 7 heteroatoms. The molecule has 0 spiro atoms. The summed E-state index contributed by atoms with van der Waals surface area (Å²) in [6, 6.07) is 1.60. The summed E-state index contributed by atoms with van der Waals surface area (Å²) in [6.07, 6.45) is 3.10. The number of anilines is 1. The van der Waals surface area contributed by atoms with E-state index in [9.17, 15) is 0 Å². The average Bonchev–Trinajstić information content (AvgIpc) is 2.67. The molecule has 2 rings (SSSR count). The maximum atomic E-state index is 5.98. The summed E-state index contributed by atoms with van der Waals surface area (Å²) in [5.74, 6) is 0.443. The number of methoxy groups -OCH3 is 1. The van der Waals surface area contributed by atoms with E-state index in [-0.39, 0.29) is 0 Å². The van der Waals surface area contributed by atoms with Crippen molar-refractivity contribution in [2.75, 3.05) is 12.8 Å². The SMILES string of the molecule is COCc1cnn(-c2ncc(N)cc2Cl)n1. The molecule has 2 N–H and O–H groups in total. The van der Waals surface area contributed by atoms with Gasteiger partial charge in [-0.2, -0.15) is 5.10 Å². The summed E-state index contributed by atoms with van der Waals surface area (Å²) in [7, 11) is 1.59. The molecule has 0 aliphatic rings. The van der Waals surface area contributed by atoms with Crippen LogP contribution in [-0.2, 0) is 11.3 Å². The Morgan fingerprint density at radius 3 is 3.00 bits per heavy atom. The molecule has 0 unspecified atom stereocenters. The molecule has 0 atom stereocenters. The van der Waals surface area contributed by atoms with Crippen molar-refractivity contribution in [3.05, 3.63) is 29.2 Å². The van der Waals surface area contributed by atoms with Gasteiger partial charge in [0.05, 0.1) is 29.7 Å². The lowest BCUT2D eigenvalue weighted by atomic mass is 10.4. The van der Waals surface area contributed by atoms with Crippen LogP contribution in [0.15, 0.2) is 18.5 Å². The second kappa shape index (κ2) is 4.46. The lowest BCUT2D eigenvalue weighted by molar-refractivity contribution is 0.181. The molecule has 16 heavy (non-hydrogen) atoms. The molecule has 0 fully saturated rings. The number of hydrogen-bond acceptors (Lipinski definition) is 5. The maximum absolute atomic E-state index is 5.98. The van der Waals surface area contributed by atoms with Crippen LogP contribution in [0.5, 0.6) is 0 Å². The molecule has 0 saturated heterocycles. The molecule has 0 aromatic carbocycles. The number of nitrogen functional groups attached to an aromatic ring is 1. The van der Waals surface area contributed by atoms with Crippen molar-refractivity contribution in [2.45, 2.75) is 6.61 Å². The third-order valence-corrected chi connectivity index (χ3v) is 2.14. The van der Waals surface area contributed by atoms with E-state index in [2.05, 4.69) is 15.2 Å². The highest BCUT2D eigenvalue weighted by molar-refractivity contribution is 6.32. The zero-order chi connectivity index (χ0) is 11.5. The monoisotopic (exact) mass is 239 g/mol. The highest BCUT2D eigenvalue weighted by Crippen LogP contribution is 2.18. The lowest BCUT2D eigenvalue weighted by Crippen LogP contribution is -2.04. The zero-order valence-corrected chi connectivity index (χ0v) is 9.35. The maximum Gasteiger partial charge on any atom is 0.193 e. The van der Waals surface area contributed by atoms with Crippen molar-refractivity contribution in [1.82, 2.24) is 20.0 Å². The summed E-state index contributed by atoms with van der Waals surface area (Å²) in [4.78, 5) is 5.41. The second-order valence-corrected chi connectivity index (χ2v) is 3.54. The van der Waals surface area contributed by atoms with E-state index in [1.807, 2.05) is 0 Å². The zero-order valence-electron chi connectivity index (χ0n) is 8.59. The van der Waals surface area contributed by atoms with Gasteiger partial charge in [0.1, 0.15) is 5.69 Å². The van der Waals surface area contributed by atoms with Gasteiger partial charge in [-0.05, 0) is 6.07 Å². The van der Waals surface area contributed by atoms with E-state index in [0.717, 1.165) is 0 Å². The number of pyridine rings is 1. The van der Waals surface area contributed by atoms with E-state index < -0.39 is 0 Å². The van der Waals surface area contributed by atoms with Gasteiger partial charge in [0.25, 0.3) is 0 Å². The van der Waals surface area contributed by atoms with Gasteiger partial charge in [0, 0.05) is 7.11 Å². The first-order valence-electron chi connectivity index (χ1n) is 4.52. The third kappa shape index (κ3) is 2.12. The number of rotatable bonds is 3. The summed E-state index contributed by atoms with van der Waals surface area (Å²) >= 11 is 5.98. The van der Waals surface area contributed by atoms with Crippen molar-refractivity contribution in [3.8, 4) is 5.82 Å². The Morgan fingerprint density at radius 1 is 1.50 bits per heavy atom. The minimum atomic E-state index is 0.395. The molecule has 2 aromatic heterocycles. The summed E-state index contributed by atoms with van der Waals surface area (Å²) in [5.41, 5.74) is 6.75. The van der Waals surface area contributed by atoms with Crippen LogP contribution in [0.3, 0.4) is 0 Å². The van der Waals surface area contributed by atoms with Gasteiger partial charge in [0.15, 0.2) is 5.82 Å². The van der Waals surface area contributed by atoms with Crippen molar-refractivity contribution < 1.29 is 4.74 Å². The first kappa shape index (κ1) is 10.8. The van der Waals surface area contributed by atoms with E-state index in [1.165, 1.54) is 11.0 Å². The summed E-state index contributed by atoms with van der Waals surface area (Å²) < 4.78 is 4.94. The molecular formula is C9H10ClN5O. The first-order valence-corrected chi connectivity index (χ1v) is 4.90. The Kier molecular flexibility index (Phi) is 3.02. The second-order valence-electron chi connectivity index (χ2n) is 3.13. The first-order chi connectivity index (χ1) is 7.70. The predicted molar refractivity (Wildman–Crippen MR) is 59.3 cm³/mol. The van der Waals surface area contributed by atoms with Crippen LogP contribution in [-0.4, -0.2) is 27.1 Å². The number of aromatic nitrogens is 4. The molecule has 6 nitrogen and oxygen atoms in total. The fourth-order valence-corrected chi connectivity index (χ4v) is 1.45. The fraction of sp³-hybridized carbons (Fsp3) is 0.222. The Bertz CT molecular complexity index is 498. The summed E-state index contributed by atoms with van der Waals surface area (Å²) in [6.45, 7) is 0.395. The Morgan fingerprint density at radius 2 is 2.31 bits per heavy atom. The van der Waals surface area contributed by atoms with E-state index >= 15 is 0 Å². The van der Waals surface area contributed by atoms with E-state index in [1.54, 1.807) is 19.4 Å². The topological polar surface area (TPSA) is 78.8 Å². The molecule has 2 heterocycles. The van der Waals surface area contributed by atoms with Crippen molar-refractivity contribution >= 4 is 17.3 Å². The minimum absolute atomic E-state index is 0.395. The predicted octanol–water partition coefficient (Wildman–Crippen LogP) is 1.04. The highest BCUT2D eigenvalue weighted by Gasteiger charge is 2.08. The quantitative estimate of drug-likeness (QED) is 0.866. The van der Waals surface area contributed by atoms with Crippen LogP contribution in [0.25, 0.3) is 5.82 Å². The molecule has 84 valence electrons. The molecule has 2 aromatic rings. The minimum Gasteiger partial charge on any atom is -0.397 e. The van der Waals surface area contributed by atoms with Crippen LogP contribution in [0.2, 0.25) is 5.02 Å². The van der Waals surface area contributed by atoms with E-state index in [4.69, 9.17) is 22.1 Å². The standard InChI is InChI=1S/C9H10ClN5O/c1-16-5-7-4-13-15(14-7)9-8(10)2-6(11)3-12-9/h2-4H,5,11H2,1H3. The highest BCUT2D eigenvalue weighted by atomic mass is 35.5. The molecule has 0 saturated carbocycles. The average molecular weight is 240 g/mol. The molecule has 0 amide bonds. The number of nitrogens with two attached hydrogens (primary N) is 1. The van der Waals surface area contributed by atoms with Crippen molar-refractivity contribution in [3.63, 3.8) is 0 Å². The number of halogens is 1. The Balaban J connectivity index is 2.35. The van der Waals surface area contributed by atoms with Crippen molar-refractivity contribution in [2.24, 2.45) is 0 Å². The van der Waals surface area contributed by atoms with Crippen LogP contribution in [0, 0.1) is 0 Å². The van der Waals surface area contributed by atoms with Gasteiger partial charge >= 0.3 is 0 Å². The Hall–Kier alpha value is -1.66. The normalized spacial score (nSPS) is 10.6. The molecule has 0 aliphatic heterocycles. The number of ether oxygens (including phenoxy) is 1. The molecule has 0 radical (unpaired) electrons. The van der Waals surface area contributed by atoms with Gasteiger partial charge in [0.2, 0.25) is 0 Å². The van der Waals surface area contributed by atoms with Crippen LogP contribution >= 0.6 is 11.6 Å². The van der Waals surface area contributed by atoms with Gasteiger partial charge in [-0.1, -0.05) is 11.6 Å². The largest absolute Gasteiger partial charge is 0.397 e. The smallest absolute Gasteiger partial charge is 0.193 e. The van der Waals surface area contributed by atoms with Crippen LogP contribution in [0.4, 0.5) is 5.69 Å². The number of nitrogens with zero attached hydrogens (tertiary/aromatic N) is 4. The van der Waals surface area contributed by atoms with Gasteiger partial charge in [-0.3, -0.25) is 0 Å².